The van der Waals surface area contributed by atoms with Gasteiger partial charge in [-0.25, -0.2) is 0 Å². The molecule has 0 spiro atoms. The Hall–Kier alpha value is -0.340. The van der Waals surface area contributed by atoms with Crippen LogP contribution in [0.4, 0.5) is 0 Å². The zero-order valence-electron chi connectivity index (χ0n) is 22.8. The Balaban J connectivity index is 1.40. The van der Waals surface area contributed by atoms with Crippen molar-refractivity contribution in [2.45, 2.75) is 124 Å². The van der Waals surface area contributed by atoms with E-state index >= 15 is 0 Å². The van der Waals surface area contributed by atoms with Crippen molar-refractivity contribution in [3.05, 3.63) is 11.6 Å². The molecule has 0 radical (unpaired) electrons. The minimum absolute atomic E-state index is 0.487. The van der Waals surface area contributed by atoms with Crippen molar-refractivity contribution in [3.8, 4) is 0 Å². The Morgan fingerprint density at radius 1 is 0.970 bits per heavy atom. The summed E-state index contributed by atoms with van der Waals surface area (Å²) in [6, 6.07) is 0.704. The summed E-state index contributed by atoms with van der Waals surface area (Å²) in [5.41, 5.74) is 8.61. The van der Waals surface area contributed by atoms with E-state index < -0.39 is 0 Å². The van der Waals surface area contributed by atoms with E-state index in [0.717, 1.165) is 55.0 Å². The number of fused-ring (bicyclic) bond motifs is 5. The molecule has 3 saturated carbocycles. The van der Waals surface area contributed by atoms with Crippen LogP contribution in [0.3, 0.4) is 0 Å². The molecule has 0 aliphatic heterocycles. The van der Waals surface area contributed by atoms with E-state index in [-0.39, 0.29) is 0 Å². The molecule has 3 N–H and O–H groups in total. The lowest BCUT2D eigenvalue weighted by Gasteiger charge is -2.58. The molecule has 2 nitrogen and oxygen atoms in total. The fraction of sp³-hybridized carbons (Fsp3) is 0.935. The number of nitrogens with one attached hydrogen (secondary N) is 1. The first kappa shape index (κ1) is 25.7. The molecule has 0 aromatic carbocycles. The predicted octanol–water partition coefficient (Wildman–Crippen LogP) is 7.72. The van der Waals surface area contributed by atoms with Crippen LogP contribution in [-0.4, -0.2) is 19.1 Å². The van der Waals surface area contributed by atoms with Gasteiger partial charge in [-0.15, -0.1) is 0 Å². The van der Waals surface area contributed by atoms with Crippen LogP contribution in [0.25, 0.3) is 0 Å². The smallest absolute Gasteiger partial charge is 0.0105 e. The maximum absolute atomic E-state index is 5.68. The number of hydrogen-bond donors (Lipinski definition) is 2. The molecule has 8 atom stereocenters. The quantitative estimate of drug-likeness (QED) is 0.261. The maximum Gasteiger partial charge on any atom is 0.0105 e. The molecular formula is C31H56N2. The van der Waals surface area contributed by atoms with Crippen molar-refractivity contribution < 1.29 is 0 Å². The summed E-state index contributed by atoms with van der Waals surface area (Å²) < 4.78 is 0. The Bertz CT molecular complexity index is 668. The molecule has 0 heterocycles. The third-order valence-electron chi connectivity index (χ3n) is 11.4. The van der Waals surface area contributed by atoms with E-state index in [1.165, 1.54) is 77.0 Å². The van der Waals surface area contributed by atoms with Gasteiger partial charge in [0.05, 0.1) is 0 Å². The number of allylic oxidation sites excluding steroid dienone is 1. The normalized spacial score (nSPS) is 41.3. The summed E-state index contributed by atoms with van der Waals surface area (Å²) in [7, 11) is 0. The Morgan fingerprint density at radius 3 is 2.55 bits per heavy atom. The summed E-state index contributed by atoms with van der Waals surface area (Å²) >= 11 is 0. The highest BCUT2D eigenvalue weighted by molar-refractivity contribution is 5.26. The van der Waals surface area contributed by atoms with E-state index in [0.29, 0.717) is 16.9 Å². The van der Waals surface area contributed by atoms with E-state index in [4.69, 9.17) is 5.73 Å². The van der Waals surface area contributed by atoms with Crippen LogP contribution in [0.5, 0.6) is 0 Å². The highest BCUT2D eigenvalue weighted by Crippen LogP contribution is 2.67. The van der Waals surface area contributed by atoms with Gasteiger partial charge in [0, 0.05) is 6.04 Å². The lowest BCUT2D eigenvalue weighted by atomic mass is 9.47. The van der Waals surface area contributed by atoms with Gasteiger partial charge in [-0.2, -0.15) is 0 Å². The van der Waals surface area contributed by atoms with E-state index in [9.17, 15) is 0 Å². The van der Waals surface area contributed by atoms with Gasteiger partial charge in [0.1, 0.15) is 0 Å². The second kappa shape index (κ2) is 10.7. The summed E-state index contributed by atoms with van der Waals surface area (Å²) in [6.07, 6.45) is 20.9. The van der Waals surface area contributed by atoms with Gasteiger partial charge >= 0.3 is 0 Å². The van der Waals surface area contributed by atoms with Crippen LogP contribution < -0.4 is 11.1 Å². The number of rotatable bonds is 10. The van der Waals surface area contributed by atoms with Gasteiger partial charge in [0.15, 0.2) is 0 Å². The van der Waals surface area contributed by atoms with Crippen molar-refractivity contribution in [3.63, 3.8) is 0 Å². The largest absolute Gasteiger partial charge is 0.330 e. The van der Waals surface area contributed by atoms with E-state index in [1.54, 1.807) is 0 Å². The molecule has 0 aromatic heterocycles. The molecule has 33 heavy (non-hydrogen) atoms. The van der Waals surface area contributed by atoms with Gasteiger partial charge in [-0.3, -0.25) is 0 Å². The van der Waals surface area contributed by atoms with Crippen molar-refractivity contribution >= 4 is 0 Å². The molecule has 0 aromatic rings. The second-order valence-corrected chi connectivity index (χ2v) is 13.7. The Labute approximate surface area is 206 Å². The van der Waals surface area contributed by atoms with Gasteiger partial charge in [0.25, 0.3) is 0 Å². The average molecular weight is 457 g/mol. The third kappa shape index (κ3) is 5.13. The van der Waals surface area contributed by atoms with Crippen LogP contribution >= 0.6 is 0 Å². The zero-order chi connectivity index (χ0) is 23.6. The van der Waals surface area contributed by atoms with Crippen molar-refractivity contribution in [2.75, 3.05) is 13.1 Å². The summed E-state index contributed by atoms with van der Waals surface area (Å²) in [5, 5.41) is 3.87. The molecule has 4 aliphatic rings. The molecule has 190 valence electrons. The summed E-state index contributed by atoms with van der Waals surface area (Å²) in [5.74, 6) is 5.64. The molecule has 2 heteroatoms. The molecule has 0 amide bonds. The number of unbranched alkanes of at least 4 members (excludes halogenated alkanes) is 1. The molecule has 0 bridgehead atoms. The predicted molar refractivity (Wildman–Crippen MR) is 143 cm³/mol. The molecule has 4 rings (SSSR count). The van der Waals surface area contributed by atoms with Crippen LogP contribution in [0.2, 0.25) is 0 Å². The fourth-order valence-corrected chi connectivity index (χ4v) is 9.44. The van der Waals surface area contributed by atoms with Crippen molar-refractivity contribution in [1.82, 2.24) is 5.32 Å². The van der Waals surface area contributed by atoms with E-state index in [2.05, 4.69) is 46.0 Å². The van der Waals surface area contributed by atoms with Crippen molar-refractivity contribution in [1.29, 1.82) is 0 Å². The molecule has 0 unspecified atom stereocenters. The second-order valence-electron chi connectivity index (χ2n) is 13.7. The van der Waals surface area contributed by atoms with E-state index in [1.807, 2.05) is 5.57 Å². The molecule has 3 fully saturated rings. The number of nitrogens with two attached hydrogens (primary N) is 1. The van der Waals surface area contributed by atoms with Crippen LogP contribution in [0, 0.1) is 46.3 Å². The average Bonchev–Trinajstić information content (AvgIpc) is 3.14. The van der Waals surface area contributed by atoms with Crippen molar-refractivity contribution in [2.24, 2.45) is 52.1 Å². The lowest BCUT2D eigenvalue weighted by molar-refractivity contribution is -0.0514. The molecular weight excluding hydrogens is 400 g/mol. The zero-order valence-corrected chi connectivity index (χ0v) is 22.8. The van der Waals surface area contributed by atoms with Gasteiger partial charge in [0.2, 0.25) is 0 Å². The maximum atomic E-state index is 5.68. The minimum atomic E-state index is 0.487. The van der Waals surface area contributed by atoms with Crippen LogP contribution in [0.15, 0.2) is 11.6 Å². The van der Waals surface area contributed by atoms with Gasteiger partial charge in [-0.1, -0.05) is 65.5 Å². The monoisotopic (exact) mass is 456 g/mol. The third-order valence-corrected chi connectivity index (χ3v) is 11.4. The van der Waals surface area contributed by atoms with Gasteiger partial charge in [-0.05, 0) is 124 Å². The van der Waals surface area contributed by atoms with Crippen LogP contribution in [0.1, 0.15) is 118 Å². The Kier molecular flexibility index (Phi) is 8.37. The SMILES string of the molecule is CC(C)CCC[C@@H](C)[C@H]1CC[C@H]2[C@@H]3CC=C4C[C@@H](NCCCCN)CC[C@]4(C)[C@H]3CC[C@]12C. The highest BCUT2D eigenvalue weighted by atomic mass is 14.9. The van der Waals surface area contributed by atoms with Gasteiger partial charge < -0.3 is 11.1 Å². The number of hydrogen-bond acceptors (Lipinski definition) is 2. The van der Waals surface area contributed by atoms with Crippen LogP contribution in [-0.2, 0) is 0 Å². The minimum Gasteiger partial charge on any atom is -0.330 e. The summed E-state index contributed by atoms with van der Waals surface area (Å²) in [4.78, 5) is 0. The standard InChI is InChI=1S/C31H56N2/c1-22(2)9-8-10-23(3)27-13-14-28-26-12-11-24-21-25(33-20-7-6-19-32)15-17-30(24,4)29(26)16-18-31(27,28)5/h11,22-23,25-29,33H,6-10,12-21,32H2,1-5H3/t23-,25+,26+,27-,28+,29+,30+,31-/m1/s1. The first-order valence-corrected chi connectivity index (χ1v) is 14.9. The Morgan fingerprint density at radius 2 is 1.79 bits per heavy atom. The summed E-state index contributed by atoms with van der Waals surface area (Å²) in [6.45, 7) is 14.8. The molecule has 0 saturated heterocycles. The fourth-order valence-electron chi connectivity index (χ4n) is 9.44. The lowest BCUT2D eigenvalue weighted by Crippen LogP contribution is -2.51. The first-order valence-electron chi connectivity index (χ1n) is 14.9. The highest BCUT2D eigenvalue weighted by Gasteiger charge is 2.59. The first-order chi connectivity index (χ1) is 15.8. The topological polar surface area (TPSA) is 38.0 Å². The molecule has 4 aliphatic carbocycles.